The fraction of sp³-hybridized carbons (Fsp3) is 0.733. The molecule has 0 amide bonds. The van der Waals surface area contributed by atoms with E-state index in [1.807, 2.05) is 6.92 Å². The maximum Gasteiger partial charge on any atom is 0.350 e. The number of hydrogen-bond acceptors (Lipinski definition) is 8. The summed E-state index contributed by atoms with van der Waals surface area (Å²) in [4.78, 5) is 27.7. The first-order chi connectivity index (χ1) is 11.7. The van der Waals surface area contributed by atoms with Gasteiger partial charge in [0.15, 0.2) is 0 Å². The van der Waals surface area contributed by atoms with Gasteiger partial charge in [0.25, 0.3) is 0 Å². The van der Waals surface area contributed by atoms with Crippen LogP contribution in [0.15, 0.2) is 16.0 Å². The molecule has 8 nitrogen and oxygen atoms in total. The molecule has 2 rings (SSSR count). The third kappa shape index (κ3) is 5.64. The second-order valence-electron chi connectivity index (χ2n) is 5.97. The summed E-state index contributed by atoms with van der Waals surface area (Å²) in [6.07, 6.45) is 1.65. The molecule has 0 spiro atoms. The van der Waals surface area contributed by atoms with Crippen LogP contribution < -0.4 is 10.6 Å². The van der Waals surface area contributed by atoms with Gasteiger partial charge in [-0.15, -0.1) is 11.8 Å². The monoisotopic (exact) mass is 391 g/mol. The fourth-order valence-electron chi connectivity index (χ4n) is 2.58. The average Bonchev–Trinajstić information content (AvgIpc) is 2.95. The van der Waals surface area contributed by atoms with Crippen LogP contribution >= 0.6 is 19.4 Å². The predicted octanol–water partition coefficient (Wildman–Crippen LogP) is 1.56. The lowest BCUT2D eigenvalue weighted by atomic mass is 10.2. The van der Waals surface area contributed by atoms with E-state index < -0.39 is 25.6 Å². The van der Waals surface area contributed by atoms with Crippen molar-refractivity contribution in [3.63, 3.8) is 0 Å². The standard InChI is InChI=1S/C15H25N2O6PS/c1-5-6-25-14-10(2)8-17(15(18)16-14)13-7-11(21-3)12(23-13)9-22-24(4,19)20/h8,11-13H,5-7,9H2,1-4H3,(H,19,20)/p-1/t11-,12-,13-/m1/s1. The minimum absolute atomic E-state index is 0.141. The zero-order valence-electron chi connectivity index (χ0n) is 14.8. The van der Waals surface area contributed by atoms with Crippen molar-refractivity contribution in [3.05, 3.63) is 22.2 Å². The first-order valence-electron chi connectivity index (χ1n) is 8.09. The third-order valence-electron chi connectivity index (χ3n) is 3.80. The van der Waals surface area contributed by atoms with E-state index in [2.05, 4.69) is 11.9 Å². The van der Waals surface area contributed by atoms with Gasteiger partial charge in [-0.1, -0.05) is 6.92 Å². The van der Waals surface area contributed by atoms with Gasteiger partial charge in [-0.05, 0) is 24.7 Å². The molecule has 10 heteroatoms. The molecule has 0 aliphatic carbocycles. The highest BCUT2D eigenvalue weighted by Crippen LogP contribution is 2.35. The van der Waals surface area contributed by atoms with E-state index in [0.29, 0.717) is 6.42 Å². The lowest BCUT2D eigenvalue weighted by Gasteiger charge is -2.23. The minimum Gasteiger partial charge on any atom is -0.779 e. The molecule has 1 aromatic heterocycles. The molecule has 1 saturated heterocycles. The van der Waals surface area contributed by atoms with Crippen LogP contribution in [0.3, 0.4) is 0 Å². The third-order valence-corrected chi connectivity index (χ3v) is 5.72. The molecule has 0 N–H and O–H groups in total. The Kier molecular flexibility index (Phi) is 7.25. The lowest BCUT2D eigenvalue weighted by molar-refractivity contribution is -0.200. The number of methoxy groups -OCH3 is 1. The molecule has 0 bridgehead atoms. The first-order valence-corrected chi connectivity index (χ1v) is 11.1. The van der Waals surface area contributed by atoms with E-state index in [-0.39, 0.29) is 12.7 Å². The Labute approximate surface area is 151 Å². The Morgan fingerprint density at radius 2 is 2.28 bits per heavy atom. The maximum absolute atomic E-state index is 12.4. The average molecular weight is 391 g/mol. The highest BCUT2D eigenvalue weighted by atomic mass is 32.2. The quantitative estimate of drug-likeness (QED) is 0.374. The summed E-state index contributed by atoms with van der Waals surface area (Å²) in [6, 6.07) is 0. The summed E-state index contributed by atoms with van der Waals surface area (Å²) in [6.45, 7) is 4.83. The van der Waals surface area contributed by atoms with E-state index in [0.717, 1.165) is 29.4 Å². The van der Waals surface area contributed by atoms with Crippen molar-refractivity contribution in [3.8, 4) is 0 Å². The van der Waals surface area contributed by atoms with Gasteiger partial charge < -0.3 is 23.5 Å². The van der Waals surface area contributed by atoms with E-state index in [1.165, 1.54) is 11.7 Å². The van der Waals surface area contributed by atoms with Crippen LogP contribution in [0.4, 0.5) is 0 Å². The van der Waals surface area contributed by atoms with Gasteiger partial charge in [-0.2, -0.15) is 4.98 Å². The van der Waals surface area contributed by atoms with Crippen molar-refractivity contribution >= 4 is 19.4 Å². The van der Waals surface area contributed by atoms with Crippen molar-refractivity contribution in [2.45, 2.75) is 50.2 Å². The number of hydrogen-bond donors (Lipinski definition) is 0. The van der Waals surface area contributed by atoms with E-state index in [1.54, 1.807) is 18.0 Å². The molecule has 4 atom stereocenters. The van der Waals surface area contributed by atoms with Gasteiger partial charge in [0.2, 0.25) is 0 Å². The van der Waals surface area contributed by atoms with Crippen molar-refractivity contribution < 1.29 is 23.5 Å². The van der Waals surface area contributed by atoms with E-state index in [4.69, 9.17) is 14.0 Å². The summed E-state index contributed by atoms with van der Waals surface area (Å²) in [7, 11) is -2.33. The van der Waals surface area contributed by atoms with Crippen LogP contribution in [-0.4, -0.2) is 47.9 Å². The molecule has 0 radical (unpaired) electrons. The molecule has 2 heterocycles. The first kappa shape index (κ1) is 20.6. The number of ether oxygens (including phenoxy) is 2. The number of aryl methyl sites for hydroxylation is 1. The Morgan fingerprint density at radius 1 is 1.56 bits per heavy atom. The Hall–Kier alpha value is -0.700. The van der Waals surface area contributed by atoms with Crippen molar-refractivity contribution in [1.29, 1.82) is 0 Å². The molecule has 1 aromatic rings. The van der Waals surface area contributed by atoms with Gasteiger partial charge in [-0.3, -0.25) is 4.57 Å². The van der Waals surface area contributed by atoms with Crippen molar-refractivity contribution in [2.75, 3.05) is 26.1 Å². The number of aromatic nitrogens is 2. The Balaban J connectivity index is 2.15. The molecule has 1 fully saturated rings. The van der Waals surface area contributed by atoms with Gasteiger partial charge in [0.1, 0.15) is 25.0 Å². The van der Waals surface area contributed by atoms with Gasteiger partial charge in [0.05, 0.1) is 12.7 Å². The summed E-state index contributed by atoms with van der Waals surface area (Å²) in [5.41, 5.74) is 0.503. The molecule has 0 saturated carbocycles. The zero-order chi connectivity index (χ0) is 18.6. The molecule has 0 aromatic carbocycles. The van der Waals surface area contributed by atoms with Crippen LogP contribution in [0.2, 0.25) is 0 Å². The number of rotatable bonds is 8. The lowest BCUT2D eigenvalue weighted by Crippen LogP contribution is -2.29. The Bertz CT molecular complexity index is 691. The van der Waals surface area contributed by atoms with E-state index in [9.17, 15) is 14.3 Å². The van der Waals surface area contributed by atoms with Gasteiger partial charge in [0, 0.05) is 26.4 Å². The minimum atomic E-state index is -3.85. The highest BCUT2D eigenvalue weighted by Gasteiger charge is 2.37. The van der Waals surface area contributed by atoms with Crippen LogP contribution in [0, 0.1) is 6.92 Å². The maximum atomic E-state index is 12.4. The summed E-state index contributed by atoms with van der Waals surface area (Å²) in [5.74, 6) is 0.897. The molecule has 1 aliphatic heterocycles. The largest absolute Gasteiger partial charge is 0.779 e. The van der Waals surface area contributed by atoms with Crippen molar-refractivity contribution in [1.82, 2.24) is 9.55 Å². The highest BCUT2D eigenvalue weighted by molar-refractivity contribution is 7.99. The molecule has 142 valence electrons. The summed E-state index contributed by atoms with van der Waals surface area (Å²) < 4.78 is 28.6. The molecule has 1 aliphatic rings. The molecule has 1 unspecified atom stereocenters. The van der Waals surface area contributed by atoms with Gasteiger partial charge >= 0.3 is 5.69 Å². The summed E-state index contributed by atoms with van der Waals surface area (Å²) in [5, 5.41) is 0.725. The SMILES string of the molecule is CCCSc1nc(=O)n([C@H]2C[C@@H](OC)[C@@H](COP(C)(=O)[O-])O2)cc1C. The van der Waals surface area contributed by atoms with Gasteiger partial charge in [-0.25, -0.2) is 4.79 Å². The smallest absolute Gasteiger partial charge is 0.350 e. The zero-order valence-corrected chi connectivity index (χ0v) is 16.5. The van der Waals surface area contributed by atoms with Crippen molar-refractivity contribution in [2.24, 2.45) is 0 Å². The fourth-order valence-corrected chi connectivity index (χ4v) is 3.82. The molecular formula is C15H24N2O6PS-. The summed E-state index contributed by atoms with van der Waals surface area (Å²) >= 11 is 1.55. The molecule has 25 heavy (non-hydrogen) atoms. The van der Waals surface area contributed by atoms with Crippen LogP contribution in [0.1, 0.15) is 31.6 Å². The van der Waals surface area contributed by atoms with Crippen LogP contribution in [-0.2, 0) is 18.6 Å². The Morgan fingerprint density at radius 3 is 2.88 bits per heavy atom. The number of nitrogens with zero attached hydrogens (tertiary/aromatic N) is 2. The molecular weight excluding hydrogens is 367 g/mol. The second-order valence-corrected chi connectivity index (χ2v) is 8.86. The topological polar surface area (TPSA) is 103 Å². The van der Waals surface area contributed by atoms with E-state index >= 15 is 0 Å². The number of thioether (sulfide) groups is 1. The van der Waals surface area contributed by atoms with Crippen LogP contribution in [0.5, 0.6) is 0 Å². The normalized spacial score (nSPS) is 25.9. The predicted molar refractivity (Wildman–Crippen MR) is 93.1 cm³/mol. The second kappa shape index (κ2) is 8.79. The van der Waals surface area contributed by atoms with Crippen LogP contribution in [0.25, 0.3) is 0 Å².